The van der Waals surface area contributed by atoms with Gasteiger partial charge < -0.3 is 0 Å². The van der Waals surface area contributed by atoms with Crippen LogP contribution in [-0.4, -0.2) is 23.9 Å². The first-order valence-electron chi connectivity index (χ1n) is 8.29. The highest BCUT2D eigenvalue weighted by Crippen LogP contribution is 2.35. The largest absolute Gasteiger partial charge is 0.271 e. The van der Waals surface area contributed by atoms with E-state index in [1.54, 1.807) is 19.1 Å². The SMILES string of the molecule is Cc1cc(C)cc(N2N=N[C@@H]3C(=O)N(c4ccc(C)c(F)c4)C(=O)[C@H]32)c1. The molecule has 4 rings (SSSR count). The number of carbonyl (C=O) groups is 2. The van der Waals surface area contributed by atoms with Gasteiger partial charge in [0, 0.05) is 0 Å². The summed E-state index contributed by atoms with van der Waals surface area (Å²) in [5.41, 5.74) is 3.41. The molecular formula is C19H17FN4O2. The Labute approximate surface area is 149 Å². The Bertz CT molecular complexity index is 952. The van der Waals surface area contributed by atoms with Crippen molar-refractivity contribution in [1.82, 2.24) is 0 Å². The quantitative estimate of drug-likeness (QED) is 0.780. The maximum absolute atomic E-state index is 13.9. The summed E-state index contributed by atoms with van der Waals surface area (Å²) in [7, 11) is 0. The number of carbonyl (C=O) groups excluding carboxylic acids is 2. The summed E-state index contributed by atoms with van der Waals surface area (Å²) in [4.78, 5) is 26.7. The number of hydrogen-bond acceptors (Lipinski definition) is 5. The number of hydrogen-bond donors (Lipinski definition) is 0. The Morgan fingerprint density at radius 2 is 1.62 bits per heavy atom. The number of imide groups is 1. The Morgan fingerprint density at radius 1 is 0.923 bits per heavy atom. The highest BCUT2D eigenvalue weighted by atomic mass is 19.1. The molecule has 0 bridgehead atoms. The summed E-state index contributed by atoms with van der Waals surface area (Å²) in [6, 6.07) is 8.35. The first-order chi connectivity index (χ1) is 12.4. The molecule has 2 aliphatic rings. The monoisotopic (exact) mass is 352 g/mol. The number of halogens is 1. The zero-order valence-electron chi connectivity index (χ0n) is 14.6. The fourth-order valence-corrected chi connectivity index (χ4v) is 3.43. The van der Waals surface area contributed by atoms with Crippen LogP contribution < -0.4 is 9.91 Å². The van der Waals surface area contributed by atoms with Gasteiger partial charge in [-0.25, -0.2) is 14.3 Å². The van der Waals surface area contributed by atoms with Crippen molar-refractivity contribution in [2.24, 2.45) is 10.3 Å². The highest BCUT2D eigenvalue weighted by molar-refractivity contribution is 6.26. The summed E-state index contributed by atoms with van der Waals surface area (Å²) in [5.74, 6) is -1.40. The molecule has 0 radical (unpaired) electrons. The predicted octanol–water partition coefficient (Wildman–Crippen LogP) is 3.25. The maximum Gasteiger partial charge on any atom is 0.263 e. The molecule has 0 unspecified atom stereocenters. The summed E-state index contributed by atoms with van der Waals surface area (Å²) >= 11 is 0. The van der Waals surface area contributed by atoms with Crippen LogP contribution >= 0.6 is 0 Å². The molecule has 0 spiro atoms. The molecule has 2 aromatic rings. The molecule has 0 N–H and O–H groups in total. The van der Waals surface area contributed by atoms with Crippen LogP contribution in [0.4, 0.5) is 15.8 Å². The number of benzene rings is 2. The molecule has 1 saturated heterocycles. The Morgan fingerprint density at radius 3 is 2.27 bits per heavy atom. The first-order valence-corrected chi connectivity index (χ1v) is 8.29. The molecule has 7 heteroatoms. The van der Waals surface area contributed by atoms with Crippen molar-refractivity contribution in [3.05, 3.63) is 58.9 Å². The van der Waals surface area contributed by atoms with E-state index in [0.717, 1.165) is 16.0 Å². The maximum atomic E-state index is 13.9. The van der Waals surface area contributed by atoms with Crippen molar-refractivity contribution in [3.8, 4) is 0 Å². The topological polar surface area (TPSA) is 65.3 Å². The van der Waals surface area contributed by atoms with Crippen molar-refractivity contribution < 1.29 is 14.0 Å². The van der Waals surface area contributed by atoms with Gasteiger partial charge in [0.2, 0.25) is 0 Å². The van der Waals surface area contributed by atoms with Crippen molar-refractivity contribution in [2.75, 3.05) is 9.91 Å². The smallest absolute Gasteiger partial charge is 0.263 e. The Balaban J connectivity index is 1.72. The molecule has 132 valence electrons. The van der Waals surface area contributed by atoms with Gasteiger partial charge in [-0.15, -0.1) is 0 Å². The van der Waals surface area contributed by atoms with E-state index in [2.05, 4.69) is 10.3 Å². The Hall–Kier alpha value is -3.09. The van der Waals surface area contributed by atoms with Gasteiger partial charge in [0.25, 0.3) is 11.8 Å². The summed E-state index contributed by atoms with van der Waals surface area (Å²) in [6.07, 6.45) is 0. The van der Waals surface area contributed by atoms with Crippen LogP contribution in [0.1, 0.15) is 16.7 Å². The number of anilines is 2. The van der Waals surface area contributed by atoms with Crippen LogP contribution in [0.3, 0.4) is 0 Å². The van der Waals surface area contributed by atoms with Gasteiger partial charge in [-0.2, -0.15) is 5.11 Å². The van der Waals surface area contributed by atoms with Gasteiger partial charge in [0.1, 0.15) is 5.82 Å². The van der Waals surface area contributed by atoms with Crippen LogP contribution in [0.2, 0.25) is 0 Å². The third kappa shape index (κ3) is 2.39. The lowest BCUT2D eigenvalue weighted by molar-refractivity contribution is -0.121. The van der Waals surface area contributed by atoms with Crippen LogP contribution in [0.5, 0.6) is 0 Å². The second-order valence-electron chi connectivity index (χ2n) is 6.73. The van der Waals surface area contributed by atoms with E-state index >= 15 is 0 Å². The van der Waals surface area contributed by atoms with Crippen LogP contribution in [0, 0.1) is 26.6 Å². The van der Waals surface area contributed by atoms with Gasteiger partial charge >= 0.3 is 0 Å². The van der Waals surface area contributed by atoms with Gasteiger partial charge in [-0.1, -0.05) is 17.4 Å². The van der Waals surface area contributed by atoms with Gasteiger partial charge in [-0.05, 0) is 61.7 Å². The zero-order chi connectivity index (χ0) is 18.6. The van der Waals surface area contributed by atoms with Crippen molar-refractivity contribution in [2.45, 2.75) is 32.9 Å². The molecule has 0 aliphatic carbocycles. The fourth-order valence-electron chi connectivity index (χ4n) is 3.43. The summed E-state index contributed by atoms with van der Waals surface area (Å²) in [6.45, 7) is 5.52. The predicted molar refractivity (Wildman–Crippen MR) is 94.5 cm³/mol. The van der Waals surface area contributed by atoms with Crippen molar-refractivity contribution in [3.63, 3.8) is 0 Å². The minimum atomic E-state index is -0.910. The van der Waals surface area contributed by atoms with E-state index in [9.17, 15) is 14.0 Å². The van der Waals surface area contributed by atoms with Gasteiger partial charge in [-0.3, -0.25) is 9.59 Å². The lowest BCUT2D eigenvalue weighted by Gasteiger charge is -2.21. The third-order valence-corrected chi connectivity index (χ3v) is 4.67. The molecule has 0 saturated carbocycles. The zero-order valence-corrected chi connectivity index (χ0v) is 14.6. The summed E-state index contributed by atoms with van der Waals surface area (Å²) < 4.78 is 13.9. The third-order valence-electron chi connectivity index (χ3n) is 4.67. The number of amides is 2. The molecule has 2 amide bonds. The number of aryl methyl sites for hydroxylation is 3. The average Bonchev–Trinajstić information content (AvgIpc) is 3.11. The molecule has 2 aromatic carbocycles. The number of fused-ring (bicyclic) bond motifs is 1. The Kier molecular flexibility index (Phi) is 3.61. The molecule has 2 aliphatic heterocycles. The number of rotatable bonds is 2. The second kappa shape index (κ2) is 5.72. The highest BCUT2D eigenvalue weighted by Gasteiger charge is 2.55. The van der Waals surface area contributed by atoms with E-state index in [4.69, 9.17) is 0 Å². The second-order valence-corrected chi connectivity index (χ2v) is 6.73. The average molecular weight is 352 g/mol. The molecule has 2 atom stereocenters. The minimum absolute atomic E-state index is 0.216. The fraction of sp³-hybridized carbons (Fsp3) is 0.263. The van der Waals surface area contributed by atoms with Crippen molar-refractivity contribution >= 4 is 23.2 Å². The lowest BCUT2D eigenvalue weighted by Crippen LogP contribution is -2.40. The van der Waals surface area contributed by atoms with Gasteiger partial charge in [0.15, 0.2) is 12.1 Å². The first kappa shape index (κ1) is 16.4. The van der Waals surface area contributed by atoms with E-state index < -0.39 is 29.7 Å². The van der Waals surface area contributed by atoms with Crippen molar-refractivity contribution in [1.29, 1.82) is 0 Å². The molecule has 2 heterocycles. The van der Waals surface area contributed by atoms with Crippen LogP contribution in [0.15, 0.2) is 46.7 Å². The van der Waals surface area contributed by atoms with E-state index in [1.807, 2.05) is 32.0 Å². The normalized spacial score (nSPS) is 21.7. The van der Waals surface area contributed by atoms with E-state index in [-0.39, 0.29) is 5.69 Å². The van der Waals surface area contributed by atoms with E-state index in [0.29, 0.717) is 11.3 Å². The molecule has 0 aromatic heterocycles. The van der Waals surface area contributed by atoms with E-state index in [1.165, 1.54) is 11.1 Å². The van der Waals surface area contributed by atoms with Crippen LogP contribution in [0.25, 0.3) is 0 Å². The number of nitrogens with zero attached hydrogens (tertiary/aromatic N) is 4. The molecular weight excluding hydrogens is 335 g/mol. The van der Waals surface area contributed by atoms with Crippen LogP contribution in [-0.2, 0) is 9.59 Å². The molecule has 26 heavy (non-hydrogen) atoms. The molecule has 6 nitrogen and oxygen atoms in total. The minimum Gasteiger partial charge on any atom is -0.271 e. The van der Waals surface area contributed by atoms with Gasteiger partial charge in [0.05, 0.1) is 11.4 Å². The lowest BCUT2D eigenvalue weighted by atomic mass is 10.1. The summed E-state index contributed by atoms with van der Waals surface area (Å²) in [5, 5.41) is 9.54. The molecule has 1 fully saturated rings. The standard InChI is InChI=1S/C19H17FN4O2/c1-10-6-11(2)8-14(7-10)24-17-16(21-22-24)18(25)23(19(17)26)13-5-4-12(3)15(20)9-13/h4-9,16-17H,1-3H3/t16-,17-/m0/s1.